The van der Waals surface area contributed by atoms with Gasteiger partial charge in [-0.15, -0.1) is 0 Å². The first-order valence-corrected chi connectivity index (χ1v) is 12.2. The lowest BCUT2D eigenvalue weighted by molar-refractivity contribution is 0.723. The summed E-state index contributed by atoms with van der Waals surface area (Å²) in [6.07, 6.45) is 1.14. The van der Waals surface area contributed by atoms with Crippen LogP contribution < -0.4 is 10.7 Å². The normalized spacial score (nSPS) is 15.9. The Hall–Kier alpha value is 0.354. The molecule has 13 heavy (non-hydrogen) atoms. The van der Waals surface area contributed by atoms with Crippen molar-refractivity contribution in [3.8, 4) is 0 Å². The lowest BCUT2D eigenvalue weighted by Gasteiger charge is -2.26. The highest BCUT2D eigenvalue weighted by Gasteiger charge is 2.23. The van der Waals surface area contributed by atoms with Crippen molar-refractivity contribution in [2.24, 2.45) is 5.73 Å². The summed E-state index contributed by atoms with van der Waals surface area (Å²) in [6, 6.07) is 0. The second kappa shape index (κ2) is 4.73. The zero-order chi connectivity index (χ0) is 10.7. The van der Waals surface area contributed by atoms with Crippen molar-refractivity contribution in [2.45, 2.75) is 51.4 Å². The SMILES string of the molecule is C[Si](C)(C)NCCC(N)[Si](C)(C)C. The number of hydrogen-bond acceptors (Lipinski definition) is 2. The molecule has 0 aliphatic carbocycles. The van der Waals surface area contributed by atoms with Gasteiger partial charge < -0.3 is 10.7 Å². The maximum Gasteiger partial charge on any atom is 0.116 e. The molecule has 4 heteroatoms. The van der Waals surface area contributed by atoms with Gasteiger partial charge in [-0.25, -0.2) is 0 Å². The molecule has 0 aromatic carbocycles. The first-order valence-electron chi connectivity index (χ1n) is 5.13. The molecule has 0 fully saturated rings. The van der Waals surface area contributed by atoms with E-state index in [1.807, 2.05) is 0 Å². The van der Waals surface area contributed by atoms with Crippen molar-refractivity contribution < 1.29 is 0 Å². The molecule has 0 heterocycles. The Morgan fingerprint density at radius 1 is 1.08 bits per heavy atom. The van der Waals surface area contributed by atoms with Gasteiger partial charge >= 0.3 is 0 Å². The van der Waals surface area contributed by atoms with E-state index in [0.29, 0.717) is 5.67 Å². The molecule has 0 aromatic rings. The highest BCUT2D eigenvalue weighted by atomic mass is 28.3. The van der Waals surface area contributed by atoms with Crippen LogP contribution in [-0.4, -0.2) is 28.5 Å². The number of nitrogens with two attached hydrogens (primary N) is 1. The molecule has 1 atom stereocenters. The van der Waals surface area contributed by atoms with Crippen LogP contribution in [0.4, 0.5) is 0 Å². The first kappa shape index (κ1) is 13.4. The third-order valence-corrected chi connectivity index (χ3v) is 6.05. The highest BCUT2D eigenvalue weighted by Crippen LogP contribution is 2.08. The molecule has 80 valence electrons. The van der Waals surface area contributed by atoms with Gasteiger partial charge in [-0.2, -0.15) is 0 Å². The van der Waals surface area contributed by atoms with Gasteiger partial charge in [0.2, 0.25) is 0 Å². The van der Waals surface area contributed by atoms with Gasteiger partial charge in [0.1, 0.15) is 8.24 Å². The number of nitrogens with one attached hydrogen (secondary N) is 1. The highest BCUT2D eigenvalue weighted by molar-refractivity contribution is 6.77. The minimum absolute atomic E-state index is 0.441. The maximum atomic E-state index is 6.12. The van der Waals surface area contributed by atoms with Crippen molar-refractivity contribution >= 4 is 16.3 Å². The summed E-state index contributed by atoms with van der Waals surface area (Å²) < 4.78 is 0. The monoisotopic (exact) mass is 218 g/mol. The fourth-order valence-electron chi connectivity index (χ4n) is 1.04. The molecule has 2 nitrogen and oxygen atoms in total. The van der Waals surface area contributed by atoms with Crippen LogP contribution in [0.25, 0.3) is 0 Å². The Morgan fingerprint density at radius 3 is 1.85 bits per heavy atom. The van der Waals surface area contributed by atoms with Gasteiger partial charge in [0, 0.05) is 0 Å². The van der Waals surface area contributed by atoms with E-state index in [0.717, 1.165) is 13.0 Å². The zero-order valence-electron chi connectivity index (χ0n) is 10.1. The predicted octanol–water partition coefficient (Wildman–Crippen LogP) is 2.01. The Kier molecular flexibility index (Phi) is 4.86. The molecular formula is C9H26N2Si2. The Labute approximate surface area is 85.4 Å². The van der Waals surface area contributed by atoms with Crippen LogP contribution in [0.2, 0.25) is 39.3 Å². The van der Waals surface area contributed by atoms with Gasteiger partial charge in [-0.1, -0.05) is 39.3 Å². The topological polar surface area (TPSA) is 38.0 Å². The van der Waals surface area contributed by atoms with E-state index >= 15 is 0 Å². The summed E-state index contributed by atoms with van der Waals surface area (Å²) in [5.41, 5.74) is 6.56. The van der Waals surface area contributed by atoms with E-state index in [1.165, 1.54) is 0 Å². The number of rotatable bonds is 5. The van der Waals surface area contributed by atoms with Gasteiger partial charge in [-0.3, -0.25) is 0 Å². The van der Waals surface area contributed by atoms with Crippen molar-refractivity contribution in [2.75, 3.05) is 6.54 Å². The van der Waals surface area contributed by atoms with Crippen LogP contribution >= 0.6 is 0 Å². The van der Waals surface area contributed by atoms with Crippen LogP contribution in [0.5, 0.6) is 0 Å². The Bertz CT molecular complexity index is 147. The number of hydrogen-bond donors (Lipinski definition) is 2. The zero-order valence-corrected chi connectivity index (χ0v) is 12.1. The molecule has 3 N–H and O–H groups in total. The second-order valence-electron chi connectivity index (χ2n) is 5.94. The third-order valence-electron chi connectivity index (χ3n) is 2.22. The fraction of sp³-hybridized carbons (Fsp3) is 1.00. The first-order chi connectivity index (χ1) is 5.63. The quantitative estimate of drug-likeness (QED) is 0.693. The third kappa shape index (κ3) is 7.43. The van der Waals surface area contributed by atoms with Crippen molar-refractivity contribution in [1.82, 2.24) is 4.98 Å². The molecule has 0 rings (SSSR count). The molecule has 0 aliphatic heterocycles. The Balaban J connectivity index is 3.67. The maximum absolute atomic E-state index is 6.12. The molecular weight excluding hydrogens is 192 g/mol. The minimum atomic E-state index is -1.10. The Morgan fingerprint density at radius 2 is 1.54 bits per heavy atom. The minimum Gasteiger partial charge on any atom is -0.337 e. The van der Waals surface area contributed by atoms with Crippen molar-refractivity contribution in [3.05, 3.63) is 0 Å². The molecule has 0 saturated heterocycles. The van der Waals surface area contributed by atoms with Gasteiger partial charge in [-0.05, 0) is 18.6 Å². The molecule has 0 saturated carbocycles. The average molecular weight is 218 g/mol. The molecule has 0 radical (unpaired) electrons. The van der Waals surface area contributed by atoms with Gasteiger partial charge in [0.05, 0.1) is 8.07 Å². The standard InChI is InChI=1S/C9H26N2Si2/c1-12(2,3)9(10)7-8-11-13(4,5)6/h9,11H,7-8,10H2,1-6H3. The van der Waals surface area contributed by atoms with Crippen LogP contribution in [-0.2, 0) is 0 Å². The molecule has 0 amide bonds. The lowest BCUT2D eigenvalue weighted by Crippen LogP contribution is -2.49. The molecule has 0 aliphatic rings. The van der Waals surface area contributed by atoms with Gasteiger partial charge in [0.25, 0.3) is 0 Å². The molecule has 0 bridgehead atoms. The summed E-state index contributed by atoms with van der Waals surface area (Å²) >= 11 is 0. The van der Waals surface area contributed by atoms with E-state index < -0.39 is 16.3 Å². The van der Waals surface area contributed by atoms with Crippen molar-refractivity contribution in [1.29, 1.82) is 0 Å². The smallest absolute Gasteiger partial charge is 0.116 e. The summed E-state index contributed by atoms with van der Waals surface area (Å²) in [5.74, 6) is 0. The summed E-state index contributed by atoms with van der Waals surface area (Å²) in [4.78, 5) is 3.61. The average Bonchev–Trinajstić information content (AvgIpc) is 1.82. The molecule has 0 aromatic heterocycles. The van der Waals surface area contributed by atoms with Crippen LogP contribution in [0.15, 0.2) is 0 Å². The van der Waals surface area contributed by atoms with Gasteiger partial charge in [0.15, 0.2) is 0 Å². The van der Waals surface area contributed by atoms with E-state index in [1.54, 1.807) is 0 Å². The van der Waals surface area contributed by atoms with E-state index in [4.69, 9.17) is 5.73 Å². The van der Waals surface area contributed by atoms with Crippen LogP contribution in [0, 0.1) is 0 Å². The molecule has 0 spiro atoms. The van der Waals surface area contributed by atoms with Crippen molar-refractivity contribution in [3.63, 3.8) is 0 Å². The fourth-order valence-corrected chi connectivity index (χ4v) is 2.94. The lowest BCUT2D eigenvalue weighted by atomic mass is 10.4. The van der Waals surface area contributed by atoms with Crippen LogP contribution in [0.3, 0.4) is 0 Å². The van der Waals surface area contributed by atoms with E-state index in [2.05, 4.69) is 44.3 Å². The van der Waals surface area contributed by atoms with E-state index in [9.17, 15) is 0 Å². The largest absolute Gasteiger partial charge is 0.337 e. The second-order valence-corrected chi connectivity index (χ2v) is 16.3. The summed E-state index contributed by atoms with van der Waals surface area (Å²) in [6.45, 7) is 15.1. The summed E-state index contributed by atoms with van der Waals surface area (Å²) in [5, 5.41) is 0. The van der Waals surface area contributed by atoms with Crippen LogP contribution in [0.1, 0.15) is 6.42 Å². The molecule has 1 unspecified atom stereocenters. The summed E-state index contributed by atoms with van der Waals surface area (Å²) in [7, 11) is -2.18. The predicted molar refractivity (Wildman–Crippen MR) is 67.3 cm³/mol. The van der Waals surface area contributed by atoms with E-state index in [-0.39, 0.29) is 0 Å².